The summed E-state index contributed by atoms with van der Waals surface area (Å²) in [6.45, 7) is 6.31. The van der Waals surface area contributed by atoms with Crippen molar-refractivity contribution in [2.45, 2.75) is 39.3 Å². The molecule has 6 aromatic rings. The number of H-pyrrole nitrogens is 2. The number of carbonyl (C=O) groups excluding carboxylic acids is 1. The maximum Gasteiger partial charge on any atom is 0.407 e. The highest BCUT2D eigenvalue weighted by atomic mass is 19.1. The Morgan fingerprint density at radius 2 is 1.90 bits per heavy atom. The molecule has 11 heteroatoms. The Hall–Kier alpha value is -4.93. The van der Waals surface area contributed by atoms with E-state index < -0.39 is 23.2 Å². The predicted molar refractivity (Wildman–Crippen MR) is 151 cm³/mol. The van der Waals surface area contributed by atoms with E-state index in [4.69, 9.17) is 4.74 Å². The molecule has 0 aliphatic carbocycles. The Balaban J connectivity index is 1.36. The van der Waals surface area contributed by atoms with Gasteiger partial charge in [0.2, 0.25) is 0 Å². The molecule has 204 valence electrons. The lowest BCUT2D eigenvalue weighted by Gasteiger charge is -2.19. The second kappa shape index (κ2) is 9.67. The molecule has 4 aromatic heterocycles. The van der Waals surface area contributed by atoms with Crippen molar-refractivity contribution in [2.75, 3.05) is 6.54 Å². The molecule has 0 unspecified atom stereocenters. The summed E-state index contributed by atoms with van der Waals surface area (Å²) < 4.78 is 23.0. The van der Waals surface area contributed by atoms with E-state index in [0.29, 0.717) is 42.1 Å². The number of hydrogen-bond donors (Lipinski definition) is 3. The Morgan fingerprint density at radius 1 is 1.07 bits per heavy atom. The van der Waals surface area contributed by atoms with Gasteiger partial charge in [0, 0.05) is 41.0 Å². The third-order valence-electron chi connectivity index (χ3n) is 6.60. The van der Waals surface area contributed by atoms with Crippen molar-refractivity contribution in [3.63, 3.8) is 0 Å². The van der Waals surface area contributed by atoms with Gasteiger partial charge in [0.25, 0.3) is 0 Å². The van der Waals surface area contributed by atoms with Gasteiger partial charge in [-0.25, -0.2) is 23.6 Å². The van der Waals surface area contributed by atoms with Crippen LogP contribution in [0, 0.1) is 5.82 Å². The molecule has 10 nitrogen and oxygen atoms in total. The van der Waals surface area contributed by atoms with Crippen molar-refractivity contribution in [1.82, 2.24) is 34.6 Å². The smallest absolute Gasteiger partial charge is 0.407 e. The molecular weight excluding hydrogens is 513 g/mol. The van der Waals surface area contributed by atoms with Crippen LogP contribution in [0.5, 0.6) is 0 Å². The molecule has 0 fully saturated rings. The summed E-state index contributed by atoms with van der Waals surface area (Å²) in [7, 11) is 0. The van der Waals surface area contributed by atoms with Crippen LogP contribution in [-0.2, 0) is 11.3 Å². The molecule has 2 aromatic carbocycles. The van der Waals surface area contributed by atoms with Gasteiger partial charge in [-0.05, 0) is 57.5 Å². The minimum absolute atomic E-state index is 0.312. The quantitative estimate of drug-likeness (QED) is 0.248. The number of amides is 1. The summed E-state index contributed by atoms with van der Waals surface area (Å²) in [6, 6.07) is 14.3. The van der Waals surface area contributed by atoms with E-state index in [1.54, 1.807) is 39.2 Å². The van der Waals surface area contributed by atoms with Crippen LogP contribution < -0.4 is 11.0 Å². The molecule has 0 saturated heterocycles. The van der Waals surface area contributed by atoms with E-state index in [1.807, 2.05) is 34.9 Å². The van der Waals surface area contributed by atoms with Gasteiger partial charge in [-0.15, -0.1) is 0 Å². The third-order valence-corrected chi connectivity index (χ3v) is 6.60. The van der Waals surface area contributed by atoms with E-state index in [9.17, 15) is 14.0 Å². The number of hydrogen-bond acceptors (Lipinski definition) is 5. The molecule has 4 heterocycles. The number of aromatic nitrogens is 6. The first-order valence-electron chi connectivity index (χ1n) is 13.0. The molecule has 0 aliphatic rings. The Morgan fingerprint density at radius 3 is 2.73 bits per heavy atom. The zero-order chi connectivity index (χ0) is 28.0. The van der Waals surface area contributed by atoms with Gasteiger partial charge in [-0.1, -0.05) is 18.2 Å². The van der Waals surface area contributed by atoms with E-state index in [0.717, 1.165) is 27.3 Å². The topological polar surface area (TPSA) is 123 Å². The molecule has 0 atom stereocenters. The number of pyridine rings is 1. The molecule has 1 amide bonds. The summed E-state index contributed by atoms with van der Waals surface area (Å²) in [5.74, 6) is -0.110. The van der Waals surface area contributed by atoms with Gasteiger partial charge in [0.15, 0.2) is 5.82 Å². The number of rotatable bonds is 6. The fourth-order valence-corrected chi connectivity index (χ4v) is 4.93. The SMILES string of the molecule is CC(C)(C)OC(=O)NCCCn1cc(-n2c(-c3cc4c(cn3)[nH]c3ccccc34)n[nH]c2=O)c2cc(F)ccc21. The number of aromatic amines is 2. The minimum Gasteiger partial charge on any atom is -0.444 e. The fourth-order valence-electron chi connectivity index (χ4n) is 4.93. The molecular formula is C29H28FN7O3. The molecule has 0 radical (unpaired) electrons. The monoisotopic (exact) mass is 541 g/mol. The van der Waals surface area contributed by atoms with Crippen LogP contribution >= 0.6 is 0 Å². The molecule has 0 saturated carbocycles. The van der Waals surface area contributed by atoms with Crippen molar-refractivity contribution < 1.29 is 13.9 Å². The molecule has 40 heavy (non-hydrogen) atoms. The van der Waals surface area contributed by atoms with Gasteiger partial charge >= 0.3 is 11.8 Å². The number of benzene rings is 2. The molecule has 0 aliphatic heterocycles. The van der Waals surface area contributed by atoms with Crippen molar-refractivity contribution in [3.8, 4) is 17.2 Å². The van der Waals surface area contributed by atoms with Crippen LogP contribution in [0.3, 0.4) is 0 Å². The largest absolute Gasteiger partial charge is 0.444 e. The van der Waals surface area contributed by atoms with E-state index in [1.165, 1.54) is 16.7 Å². The standard InChI is InChI=1S/C29H28FN7O3/c1-29(2,3)40-28(39)31-11-6-12-36-16-25(20-13-17(30)9-10-24(20)36)37-26(34-35-27(37)38)22-14-19-18-7-4-5-8-21(18)33-23(19)15-32-22/h4-5,7-10,13-16,33H,6,11-12H2,1-3H3,(H,31,39)(H,35,38). The number of fused-ring (bicyclic) bond motifs is 4. The second-order valence-electron chi connectivity index (χ2n) is 10.6. The number of nitrogens with zero attached hydrogens (tertiary/aromatic N) is 4. The normalized spacial score (nSPS) is 12.0. The average molecular weight is 542 g/mol. The predicted octanol–water partition coefficient (Wildman–Crippen LogP) is 5.27. The van der Waals surface area contributed by atoms with Gasteiger partial charge in [0.05, 0.1) is 22.9 Å². The van der Waals surface area contributed by atoms with Gasteiger partial charge in [0.1, 0.15) is 17.1 Å². The van der Waals surface area contributed by atoms with E-state index in [2.05, 4.69) is 25.5 Å². The Kier molecular flexibility index (Phi) is 6.13. The lowest BCUT2D eigenvalue weighted by molar-refractivity contribution is 0.0526. The Labute approximate surface area is 227 Å². The Bertz CT molecular complexity index is 1940. The van der Waals surface area contributed by atoms with Crippen LogP contribution in [0.1, 0.15) is 27.2 Å². The maximum absolute atomic E-state index is 14.4. The van der Waals surface area contributed by atoms with Crippen molar-refractivity contribution in [3.05, 3.63) is 77.2 Å². The first-order chi connectivity index (χ1) is 19.2. The molecule has 0 bridgehead atoms. The van der Waals surface area contributed by atoms with Crippen LogP contribution in [0.2, 0.25) is 0 Å². The first-order valence-corrected chi connectivity index (χ1v) is 13.0. The molecule has 3 N–H and O–H groups in total. The minimum atomic E-state index is -0.581. The van der Waals surface area contributed by atoms with E-state index in [-0.39, 0.29) is 0 Å². The van der Waals surface area contributed by atoms with Crippen LogP contribution in [-0.4, -0.2) is 47.5 Å². The van der Waals surface area contributed by atoms with Gasteiger partial charge < -0.3 is 19.6 Å². The zero-order valence-corrected chi connectivity index (χ0v) is 22.3. The molecule has 0 spiro atoms. The third kappa shape index (κ3) is 4.70. The highest BCUT2D eigenvalue weighted by Gasteiger charge is 2.20. The highest BCUT2D eigenvalue weighted by Crippen LogP contribution is 2.31. The number of para-hydroxylation sites is 1. The highest BCUT2D eigenvalue weighted by molar-refractivity contribution is 6.07. The maximum atomic E-state index is 14.4. The van der Waals surface area contributed by atoms with Crippen molar-refractivity contribution >= 4 is 38.8 Å². The molecule has 6 rings (SSSR count). The van der Waals surface area contributed by atoms with E-state index >= 15 is 0 Å². The van der Waals surface area contributed by atoms with Crippen molar-refractivity contribution in [2.24, 2.45) is 0 Å². The average Bonchev–Trinajstić information content (AvgIpc) is 3.57. The summed E-state index contributed by atoms with van der Waals surface area (Å²) in [6.07, 6.45) is 3.62. The summed E-state index contributed by atoms with van der Waals surface area (Å²) in [4.78, 5) is 33.0. The second-order valence-corrected chi connectivity index (χ2v) is 10.6. The van der Waals surface area contributed by atoms with Crippen molar-refractivity contribution in [1.29, 1.82) is 0 Å². The summed E-state index contributed by atoms with van der Waals surface area (Å²) in [5.41, 5.74) is 2.52. The first kappa shape index (κ1) is 25.4. The van der Waals surface area contributed by atoms with Crippen LogP contribution in [0.25, 0.3) is 49.9 Å². The number of aryl methyl sites for hydroxylation is 1. The fraction of sp³-hybridized carbons (Fsp3) is 0.241. The summed E-state index contributed by atoms with van der Waals surface area (Å²) in [5, 5.41) is 12.1. The van der Waals surface area contributed by atoms with Gasteiger partial charge in [-0.3, -0.25) is 4.98 Å². The van der Waals surface area contributed by atoms with Crippen LogP contribution in [0.15, 0.2) is 65.7 Å². The number of ether oxygens (including phenoxy) is 1. The summed E-state index contributed by atoms with van der Waals surface area (Å²) >= 11 is 0. The number of halogens is 1. The van der Waals surface area contributed by atoms with Gasteiger partial charge in [-0.2, -0.15) is 5.10 Å². The number of nitrogens with one attached hydrogen (secondary N) is 3. The number of carbonyl (C=O) groups is 1. The zero-order valence-electron chi connectivity index (χ0n) is 22.3. The van der Waals surface area contributed by atoms with Crippen LogP contribution in [0.4, 0.5) is 9.18 Å². The lowest BCUT2D eigenvalue weighted by Crippen LogP contribution is -2.33. The lowest BCUT2D eigenvalue weighted by atomic mass is 10.1. The number of alkyl carbamates (subject to hydrolysis) is 1.